The zero-order valence-electron chi connectivity index (χ0n) is 21.2. The maximum Gasteiger partial charge on any atom is 0.164 e. The van der Waals surface area contributed by atoms with Crippen molar-refractivity contribution in [3.8, 4) is 39.4 Å². The molecule has 190 valence electrons. The van der Waals surface area contributed by atoms with Gasteiger partial charge in [-0.2, -0.15) is 5.10 Å². The van der Waals surface area contributed by atoms with E-state index in [1.807, 2.05) is 54.0 Å². The number of nitrogens with one attached hydrogen (secondary N) is 1. The third-order valence-electron chi connectivity index (χ3n) is 7.77. The Labute approximate surface area is 219 Å². The molecule has 2 fully saturated rings. The van der Waals surface area contributed by atoms with Crippen LogP contribution in [0.5, 0.6) is 5.75 Å². The molecular formula is C30H27FN6O. The van der Waals surface area contributed by atoms with E-state index in [0.717, 1.165) is 75.8 Å². The van der Waals surface area contributed by atoms with Crippen molar-refractivity contribution in [3.05, 3.63) is 84.6 Å². The van der Waals surface area contributed by atoms with E-state index in [-0.39, 0.29) is 5.82 Å². The molecule has 0 radical (unpaired) electrons. The highest BCUT2D eigenvalue weighted by molar-refractivity contribution is 5.92. The van der Waals surface area contributed by atoms with Gasteiger partial charge in [-0.1, -0.05) is 12.1 Å². The number of pyridine rings is 1. The van der Waals surface area contributed by atoms with E-state index in [2.05, 4.69) is 21.3 Å². The van der Waals surface area contributed by atoms with Crippen LogP contribution in [0.2, 0.25) is 0 Å². The summed E-state index contributed by atoms with van der Waals surface area (Å²) in [4.78, 5) is 11.3. The molecule has 8 heteroatoms. The lowest BCUT2D eigenvalue weighted by Gasteiger charge is -2.31. The summed E-state index contributed by atoms with van der Waals surface area (Å²) in [6.45, 7) is 3.81. The number of hydrogen-bond acceptors (Lipinski definition) is 6. The van der Waals surface area contributed by atoms with E-state index in [1.54, 1.807) is 25.6 Å². The minimum atomic E-state index is -0.241. The molecule has 38 heavy (non-hydrogen) atoms. The van der Waals surface area contributed by atoms with Gasteiger partial charge in [0.25, 0.3) is 0 Å². The first-order valence-electron chi connectivity index (χ1n) is 12.8. The lowest BCUT2D eigenvalue weighted by atomic mass is 10.00. The minimum Gasteiger partial charge on any atom is -0.496 e. The fourth-order valence-corrected chi connectivity index (χ4v) is 5.92. The number of anilines is 1. The Morgan fingerprint density at radius 3 is 2.63 bits per heavy atom. The first kappa shape index (κ1) is 22.9. The van der Waals surface area contributed by atoms with Crippen LogP contribution in [0, 0.1) is 12.7 Å². The molecule has 0 spiro atoms. The number of methoxy groups -OCH3 is 1. The Balaban J connectivity index is 1.48. The van der Waals surface area contributed by atoms with Crippen LogP contribution in [0.1, 0.15) is 12.0 Å². The molecule has 2 aliphatic heterocycles. The van der Waals surface area contributed by atoms with E-state index in [9.17, 15) is 4.39 Å². The van der Waals surface area contributed by atoms with Crippen LogP contribution in [0.3, 0.4) is 0 Å². The second-order valence-corrected chi connectivity index (χ2v) is 10.0. The zero-order chi connectivity index (χ0) is 25.8. The third-order valence-corrected chi connectivity index (χ3v) is 7.77. The summed E-state index contributed by atoms with van der Waals surface area (Å²) < 4.78 is 22.1. The smallest absolute Gasteiger partial charge is 0.164 e. The molecule has 1 N–H and O–H groups in total. The Bertz CT molecular complexity index is 1670. The number of piperazine rings is 1. The van der Waals surface area contributed by atoms with Crippen molar-refractivity contribution in [2.24, 2.45) is 0 Å². The highest BCUT2D eigenvalue weighted by Gasteiger charge is 2.38. The van der Waals surface area contributed by atoms with Crippen LogP contribution in [-0.2, 0) is 0 Å². The van der Waals surface area contributed by atoms with Crippen LogP contribution >= 0.6 is 0 Å². The predicted molar refractivity (Wildman–Crippen MR) is 146 cm³/mol. The van der Waals surface area contributed by atoms with E-state index >= 15 is 0 Å². The number of ether oxygens (including phenoxy) is 1. The molecule has 5 heterocycles. The van der Waals surface area contributed by atoms with Gasteiger partial charge in [-0.05, 0) is 66.9 Å². The fraction of sp³-hybridized carbons (Fsp3) is 0.233. The Morgan fingerprint density at radius 1 is 1.00 bits per heavy atom. The number of aryl methyl sites for hydroxylation is 1. The normalized spacial score (nSPS) is 18.4. The number of halogens is 1. The van der Waals surface area contributed by atoms with Crippen LogP contribution in [0.25, 0.3) is 39.3 Å². The lowest BCUT2D eigenvalue weighted by Crippen LogP contribution is -2.43. The topological polar surface area (TPSA) is 67.6 Å². The fourth-order valence-electron chi connectivity index (χ4n) is 5.92. The van der Waals surface area contributed by atoms with Crippen molar-refractivity contribution in [3.63, 3.8) is 0 Å². The molecular weight excluding hydrogens is 479 g/mol. The molecule has 0 amide bonds. The van der Waals surface area contributed by atoms with E-state index in [4.69, 9.17) is 14.8 Å². The molecule has 2 bridgehead atoms. The first-order chi connectivity index (χ1) is 18.6. The number of rotatable bonds is 5. The summed E-state index contributed by atoms with van der Waals surface area (Å²) in [6, 6.07) is 17.9. The molecule has 0 unspecified atom stereocenters. The zero-order valence-corrected chi connectivity index (χ0v) is 21.2. The molecule has 3 aromatic heterocycles. The van der Waals surface area contributed by atoms with Crippen molar-refractivity contribution < 1.29 is 9.13 Å². The van der Waals surface area contributed by atoms with E-state index in [0.29, 0.717) is 12.1 Å². The molecule has 0 aliphatic carbocycles. The van der Waals surface area contributed by atoms with Crippen molar-refractivity contribution in [1.29, 1.82) is 0 Å². The van der Waals surface area contributed by atoms with Crippen molar-refractivity contribution >= 4 is 11.3 Å². The van der Waals surface area contributed by atoms with Crippen molar-refractivity contribution in [1.82, 2.24) is 24.9 Å². The maximum absolute atomic E-state index is 14.6. The van der Waals surface area contributed by atoms with Crippen LogP contribution in [-0.4, -0.2) is 51.9 Å². The van der Waals surface area contributed by atoms with Crippen LogP contribution in [0.15, 0.2) is 73.2 Å². The number of nitrogens with zero attached hydrogens (tertiary/aromatic N) is 5. The van der Waals surface area contributed by atoms with E-state index < -0.39 is 0 Å². The Morgan fingerprint density at radius 2 is 1.87 bits per heavy atom. The van der Waals surface area contributed by atoms with Gasteiger partial charge < -0.3 is 15.0 Å². The molecule has 2 aromatic carbocycles. The molecule has 7 rings (SSSR count). The minimum absolute atomic E-state index is 0.241. The first-order valence-corrected chi connectivity index (χ1v) is 12.8. The number of hydrogen-bond donors (Lipinski definition) is 1. The van der Waals surface area contributed by atoms with Gasteiger partial charge in [0.2, 0.25) is 0 Å². The molecule has 2 saturated heterocycles. The molecule has 2 aliphatic rings. The van der Waals surface area contributed by atoms with Gasteiger partial charge >= 0.3 is 0 Å². The highest BCUT2D eigenvalue weighted by Crippen LogP contribution is 2.41. The summed E-state index contributed by atoms with van der Waals surface area (Å²) in [5.74, 6) is 0.562. The van der Waals surface area contributed by atoms with Gasteiger partial charge in [-0.15, -0.1) is 0 Å². The second-order valence-electron chi connectivity index (χ2n) is 10.0. The monoisotopic (exact) mass is 506 g/mol. The predicted octanol–water partition coefficient (Wildman–Crippen LogP) is 5.13. The van der Waals surface area contributed by atoms with Gasteiger partial charge in [0.1, 0.15) is 17.3 Å². The Hall–Kier alpha value is -4.30. The van der Waals surface area contributed by atoms with Gasteiger partial charge in [0.05, 0.1) is 18.4 Å². The summed E-state index contributed by atoms with van der Waals surface area (Å²) in [5, 5.41) is 8.65. The van der Waals surface area contributed by atoms with Gasteiger partial charge in [-0.25, -0.2) is 13.9 Å². The summed E-state index contributed by atoms with van der Waals surface area (Å²) in [6.07, 6.45) is 6.42. The largest absolute Gasteiger partial charge is 0.496 e. The maximum atomic E-state index is 14.6. The highest BCUT2D eigenvalue weighted by atomic mass is 19.1. The summed E-state index contributed by atoms with van der Waals surface area (Å²) in [7, 11) is 1.68. The number of benzene rings is 2. The van der Waals surface area contributed by atoms with Gasteiger partial charge in [0.15, 0.2) is 5.65 Å². The average molecular weight is 507 g/mol. The SMILES string of the molecule is COc1cc(-c2c(-c3ccncc3)nn3c(-c4ccc(F)cc4N4C[C@@H]5C[C@H]4CN5)ccnc23)ccc1C. The molecule has 5 aromatic rings. The van der Waals surface area contributed by atoms with Crippen molar-refractivity contribution in [2.75, 3.05) is 25.1 Å². The number of fused-ring (bicyclic) bond motifs is 3. The van der Waals surface area contributed by atoms with Gasteiger partial charge in [0, 0.05) is 60.6 Å². The third kappa shape index (κ3) is 3.63. The van der Waals surface area contributed by atoms with Gasteiger partial charge in [-0.3, -0.25) is 4.98 Å². The van der Waals surface area contributed by atoms with Crippen molar-refractivity contribution in [2.45, 2.75) is 25.4 Å². The van der Waals surface area contributed by atoms with E-state index in [1.165, 1.54) is 6.07 Å². The standard InChI is InChI=1S/C30H27FN6O/c1-18-3-4-20(13-27(18)38-2)28-29(19-7-10-32-11-8-19)35-37-25(9-12-33-30(28)37)24-6-5-21(31)14-26(24)36-17-22-15-23(36)16-34-22/h3-14,22-23,34H,15-17H2,1-2H3/t22-,23-/m0/s1. The Kier molecular flexibility index (Phi) is 5.37. The molecule has 0 saturated carbocycles. The molecule has 2 atom stereocenters. The molecule has 7 nitrogen and oxygen atoms in total. The second kappa shape index (κ2) is 8.92. The van der Waals surface area contributed by atoms with Crippen LogP contribution in [0.4, 0.5) is 10.1 Å². The quantitative estimate of drug-likeness (QED) is 0.356. The summed E-state index contributed by atoms with van der Waals surface area (Å²) >= 11 is 0. The number of aromatic nitrogens is 4. The van der Waals surface area contributed by atoms with Crippen LogP contribution < -0.4 is 15.0 Å². The lowest BCUT2D eigenvalue weighted by molar-refractivity contribution is 0.412. The summed E-state index contributed by atoms with van der Waals surface area (Å²) in [5.41, 5.74) is 8.07. The average Bonchev–Trinajstić information content (AvgIpc) is 3.68.